The van der Waals surface area contributed by atoms with E-state index in [1.54, 1.807) is 18.4 Å². The number of methoxy groups -OCH3 is 1. The minimum absolute atomic E-state index is 0.125. The molecule has 0 spiro atoms. The first kappa shape index (κ1) is 12.4. The Morgan fingerprint density at radius 2 is 2.47 bits per heavy atom. The van der Waals surface area contributed by atoms with Gasteiger partial charge in [0.1, 0.15) is 5.78 Å². The zero-order valence-electron chi connectivity index (χ0n) is 8.94. The maximum Gasteiger partial charge on any atom is 0.149 e. The van der Waals surface area contributed by atoms with Crippen LogP contribution in [0.15, 0.2) is 17.5 Å². The highest BCUT2D eigenvalue weighted by atomic mass is 32.1. The minimum atomic E-state index is -0.370. The van der Waals surface area contributed by atoms with E-state index in [2.05, 4.69) is 0 Å². The molecule has 1 rings (SSSR count). The monoisotopic (exact) mass is 227 g/mol. The van der Waals surface area contributed by atoms with Crippen molar-refractivity contribution >= 4 is 17.1 Å². The molecule has 1 heterocycles. The van der Waals surface area contributed by atoms with Crippen molar-refractivity contribution in [3.63, 3.8) is 0 Å². The van der Waals surface area contributed by atoms with Gasteiger partial charge in [0.05, 0.1) is 6.04 Å². The predicted octanol–water partition coefficient (Wildman–Crippen LogP) is 1.61. The number of carbonyl (C=O) groups is 1. The van der Waals surface area contributed by atoms with Crippen LogP contribution in [0.3, 0.4) is 0 Å². The van der Waals surface area contributed by atoms with Crippen molar-refractivity contribution < 1.29 is 9.53 Å². The largest absolute Gasteiger partial charge is 0.385 e. The van der Waals surface area contributed by atoms with Gasteiger partial charge in [-0.1, -0.05) is 6.07 Å². The van der Waals surface area contributed by atoms with E-state index in [1.807, 2.05) is 17.5 Å². The summed E-state index contributed by atoms with van der Waals surface area (Å²) in [5.41, 5.74) is 5.72. The Hall–Kier alpha value is -0.710. The Balaban J connectivity index is 2.23. The first-order valence-corrected chi connectivity index (χ1v) is 5.91. The van der Waals surface area contributed by atoms with Crippen molar-refractivity contribution in [3.8, 4) is 0 Å². The first-order chi connectivity index (χ1) is 7.24. The highest BCUT2D eigenvalue weighted by Crippen LogP contribution is 2.11. The van der Waals surface area contributed by atoms with Crippen molar-refractivity contribution in [3.05, 3.63) is 22.4 Å². The van der Waals surface area contributed by atoms with Gasteiger partial charge in [-0.25, -0.2) is 0 Å². The molecule has 0 aliphatic heterocycles. The Kier molecular flexibility index (Phi) is 5.53. The second-order valence-corrected chi connectivity index (χ2v) is 4.47. The van der Waals surface area contributed by atoms with Gasteiger partial charge in [0, 0.05) is 25.0 Å². The molecular formula is C11H17NO2S. The van der Waals surface area contributed by atoms with E-state index in [4.69, 9.17) is 10.5 Å². The molecule has 0 amide bonds. The first-order valence-electron chi connectivity index (χ1n) is 5.03. The Morgan fingerprint density at radius 1 is 1.67 bits per heavy atom. The summed E-state index contributed by atoms with van der Waals surface area (Å²) in [6, 6.07) is 3.67. The van der Waals surface area contributed by atoms with Crippen molar-refractivity contribution in [2.75, 3.05) is 13.7 Å². The van der Waals surface area contributed by atoms with Gasteiger partial charge in [-0.2, -0.15) is 0 Å². The van der Waals surface area contributed by atoms with E-state index in [1.165, 1.54) is 4.88 Å². The smallest absolute Gasteiger partial charge is 0.149 e. The van der Waals surface area contributed by atoms with Crippen LogP contribution in [0, 0.1) is 0 Å². The van der Waals surface area contributed by atoms with Crippen LogP contribution in [0.4, 0.5) is 0 Å². The molecule has 3 nitrogen and oxygen atoms in total. The topological polar surface area (TPSA) is 52.3 Å². The lowest BCUT2D eigenvalue weighted by atomic mass is 10.1. The highest BCUT2D eigenvalue weighted by molar-refractivity contribution is 7.09. The van der Waals surface area contributed by atoms with Crippen LogP contribution < -0.4 is 5.73 Å². The van der Waals surface area contributed by atoms with Crippen LogP contribution in [0.2, 0.25) is 0 Å². The summed E-state index contributed by atoms with van der Waals surface area (Å²) in [5.74, 6) is 0.125. The lowest BCUT2D eigenvalue weighted by Crippen LogP contribution is -2.31. The Morgan fingerprint density at radius 3 is 3.07 bits per heavy atom. The number of thiophene rings is 1. The number of rotatable bonds is 7. The van der Waals surface area contributed by atoms with Crippen molar-refractivity contribution in [1.82, 2.24) is 0 Å². The highest BCUT2D eigenvalue weighted by Gasteiger charge is 2.12. The molecule has 0 bridgehead atoms. The van der Waals surface area contributed by atoms with Crippen LogP contribution in [0.25, 0.3) is 0 Å². The number of aryl methyl sites for hydroxylation is 1. The van der Waals surface area contributed by atoms with Gasteiger partial charge < -0.3 is 10.5 Å². The van der Waals surface area contributed by atoms with Gasteiger partial charge in [0.2, 0.25) is 0 Å². The molecular weight excluding hydrogens is 210 g/mol. The fraction of sp³-hybridized carbons (Fsp3) is 0.545. The Labute approximate surface area is 94.2 Å². The lowest BCUT2D eigenvalue weighted by Gasteiger charge is -2.08. The summed E-state index contributed by atoms with van der Waals surface area (Å²) in [5, 5.41) is 2.02. The van der Waals surface area contributed by atoms with Gasteiger partial charge >= 0.3 is 0 Å². The van der Waals surface area contributed by atoms with Crippen molar-refractivity contribution in [2.45, 2.75) is 25.3 Å². The van der Waals surface area contributed by atoms with Crippen molar-refractivity contribution in [1.29, 1.82) is 0 Å². The maximum absolute atomic E-state index is 11.6. The molecule has 84 valence electrons. The van der Waals surface area contributed by atoms with E-state index in [0.717, 1.165) is 6.42 Å². The standard InChI is InChI=1S/C11H17NO2S/c1-14-7-6-10(12)11(13)5-4-9-3-2-8-15-9/h2-3,8,10H,4-7,12H2,1H3. The van der Waals surface area contributed by atoms with Gasteiger partial charge in [-0.15, -0.1) is 11.3 Å². The van der Waals surface area contributed by atoms with E-state index in [-0.39, 0.29) is 11.8 Å². The SMILES string of the molecule is COCCC(N)C(=O)CCc1cccs1. The van der Waals surface area contributed by atoms with Crippen LogP contribution in [-0.2, 0) is 16.0 Å². The van der Waals surface area contributed by atoms with Crippen LogP contribution in [0.1, 0.15) is 17.7 Å². The molecule has 0 saturated heterocycles. The van der Waals surface area contributed by atoms with Crippen LogP contribution >= 0.6 is 11.3 Å². The summed E-state index contributed by atoms with van der Waals surface area (Å²) in [7, 11) is 1.61. The molecule has 4 heteroatoms. The van der Waals surface area contributed by atoms with E-state index in [9.17, 15) is 4.79 Å². The number of hydrogen-bond donors (Lipinski definition) is 1. The summed E-state index contributed by atoms with van der Waals surface area (Å²) in [6.45, 7) is 0.548. The van der Waals surface area contributed by atoms with Gasteiger partial charge in [-0.3, -0.25) is 4.79 Å². The summed E-state index contributed by atoms with van der Waals surface area (Å²) < 4.78 is 4.88. The van der Waals surface area contributed by atoms with E-state index < -0.39 is 0 Å². The number of nitrogens with two attached hydrogens (primary N) is 1. The molecule has 0 radical (unpaired) electrons. The number of Topliss-reactive ketones (excluding diaryl/α,β-unsaturated/α-hetero) is 1. The van der Waals surface area contributed by atoms with Crippen LogP contribution in [0.5, 0.6) is 0 Å². The third-order valence-electron chi connectivity index (χ3n) is 2.24. The average Bonchev–Trinajstić information content (AvgIpc) is 2.75. The molecule has 0 aliphatic carbocycles. The fourth-order valence-electron chi connectivity index (χ4n) is 1.29. The lowest BCUT2D eigenvalue weighted by molar-refractivity contribution is -0.120. The molecule has 1 unspecified atom stereocenters. The quantitative estimate of drug-likeness (QED) is 0.770. The zero-order valence-corrected chi connectivity index (χ0v) is 9.76. The number of hydrogen-bond acceptors (Lipinski definition) is 4. The maximum atomic E-state index is 11.6. The third-order valence-corrected chi connectivity index (χ3v) is 3.18. The second kappa shape index (κ2) is 6.71. The normalized spacial score (nSPS) is 12.7. The molecule has 15 heavy (non-hydrogen) atoms. The fourth-order valence-corrected chi connectivity index (χ4v) is 2.00. The van der Waals surface area contributed by atoms with E-state index in [0.29, 0.717) is 19.4 Å². The summed E-state index contributed by atoms with van der Waals surface area (Å²) in [4.78, 5) is 12.8. The number of carbonyl (C=O) groups excluding carboxylic acids is 1. The number of ether oxygens (including phenoxy) is 1. The van der Waals surface area contributed by atoms with Gasteiger partial charge in [-0.05, 0) is 24.3 Å². The summed E-state index contributed by atoms with van der Waals surface area (Å²) >= 11 is 1.68. The molecule has 0 aromatic carbocycles. The average molecular weight is 227 g/mol. The molecule has 0 saturated carbocycles. The minimum Gasteiger partial charge on any atom is -0.385 e. The second-order valence-electron chi connectivity index (χ2n) is 3.43. The molecule has 2 N–H and O–H groups in total. The van der Waals surface area contributed by atoms with Crippen molar-refractivity contribution in [2.24, 2.45) is 5.73 Å². The Bertz CT molecular complexity index is 285. The molecule has 1 aromatic rings. The predicted molar refractivity (Wildman–Crippen MR) is 62.1 cm³/mol. The van der Waals surface area contributed by atoms with Gasteiger partial charge in [0.25, 0.3) is 0 Å². The molecule has 1 atom stereocenters. The summed E-state index contributed by atoms with van der Waals surface area (Å²) in [6.07, 6.45) is 1.95. The zero-order chi connectivity index (χ0) is 11.1. The van der Waals surface area contributed by atoms with E-state index >= 15 is 0 Å². The van der Waals surface area contributed by atoms with Crippen LogP contribution in [-0.4, -0.2) is 25.5 Å². The molecule has 1 aromatic heterocycles. The molecule has 0 aliphatic rings. The third kappa shape index (κ3) is 4.55. The van der Waals surface area contributed by atoms with Gasteiger partial charge in [0.15, 0.2) is 0 Å². The molecule has 0 fully saturated rings. The number of ketones is 1.